The van der Waals surface area contributed by atoms with Crippen molar-refractivity contribution in [1.29, 1.82) is 0 Å². The van der Waals surface area contributed by atoms with E-state index in [-0.39, 0.29) is 0 Å². The highest BCUT2D eigenvalue weighted by Gasteiger charge is 2.13. The molecule has 0 bridgehead atoms. The Balaban J connectivity index is 2.18. The Morgan fingerprint density at radius 3 is 2.62 bits per heavy atom. The fraction of sp³-hybridized carbons (Fsp3) is 0.312. The lowest BCUT2D eigenvalue weighted by Gasteiger charge is -2.25. The summed E-state index contributed by atoms with van der Waals surface area (Å²) in [5, 5.41) is 6.15. The van der Waals surface area contributed by atoms with Gasteiger partial charge in [0, 0.05) is 17.1 Å². The fourth-order valence-corrected chi connectivity index (χ4v) is 2.89. The summed E-state index contributed by atoms with van der Waals surface area (Å²) >= 11 is 7.29. The summed E-state index contributed by atoms with van der Waals surface area (Å²) in [5.74, 6) is 0.849. The number of ether oxygens (including phenoxy) is 1. The minimum absolute atomic E-state index is 0.760. The van der Waals surface area contributed by atoms with Crippen molar-refractivity contribution < 1.29 is 4.74 Å². The maximum Gasteiger partial charge on any atom is 0.173 e. The number of rotatable bonds is 6. The minimum atomic E-state index is 0.760. The number of benzene rings is 1. The molecule has 2 rings (SSSR count). The molecule has 0 aliphatic heterocycles. The Morgan fingerprint density at radius 2 is 2.05 bits per heavy atom. The van der Waals surface area contributed by atoms with Crippen molar-refractivity contribution in [3.05, 3.63) is 46.7 Å². The average molecular weight is 320 g/mol. The molecule has 3 nitrogen and oxygen atoms in total. The zero-order valence-corrected chi connectivity index (χ0v) is 14.0. The molecule has 5 heteroatoms. The predicted molar refractivity (Wildman–Crippen MR) is 94.4 cm³/mol. The minimum Gasteiger partial charge on any atom is -0.497 e. The quantitative estimate of drug-likeness (QED) is 0.812. The number of anilines is 1. The van der Waals surface area contributed by atoms with Crippen molar-refractivity contribution in [1.82, 2.24) is 5.32 Å². The second kappa shape index (κ2) is 8.00. The molecule has 0 fully saturated rings. The van der Waals surface area contributed by atoms with Gasteiger partial charge in [0.05, 0.1) is 13.7 Å². The first-order chi connectivity index (χ1) is 10.2. The van der Waals surface area contributed by atoms with Crippen LogP contribution in [0.3, 0.4) is 0 Å². The molecule has 112 valence electrons. The Hall–Kier alpha value is -1.59. The average Bonchev–Trinajstić information content (AvgIpc) is 3.03. The van der Waals surface area contributed by atoms with Crippen LogP contribution >= 0.6 is 23.6 Å². The summed E-state index contributed by atoms with van der Waals surface area (Å²) in [6, 6.07) is 12.2. The van der Waals surface area contributed by atoms with Crippen molar-refractivity contribution in [3.8, 4) is 5.75 Å². The van der Waals surface area contributed by atoms with Gasteiger partial charge >= 0.3 is 0 Å². The summed E-state index contributed by atoms with van der Waals surface area (Å²) in [4.78, 5) is 3.41. The van der Waals surface area contributed by atoms with E-state index in [0.29, 0.717) is 0 Å². The van der Waals surface area contributed by atoms with E-state index in [0.717, 1.165) is 36.1 Å². The van der Waals surface area contributed by atoms with E-state index < -0.39 is 0 Å². The SMILES string of the molecule is CCCNC(=S)N(Cc1cccs1)c1ccc(OC)cc1. The lowest BCUT2D eigenvalue weighted by Crippen LogP contribution is -2.39. The van der Waals surface area contributed by atoms with E-state index in [4.69, 9.17) is 17.0 Å². The van der Waals surface area contributed by atoms with E-state index >= 15 is 0 Å². The predicted octanol–water partition coefficient (Wildman–Crippen LogP) is 4.05. The van der Waals surface area contributed by atoms with Crippen molar-refractivity contribution in [2.75, 3.05) is 18.6 Å². The Kier molecular flexibility index (Phi) is 6.02. The van der Waals surface area contributed by atoms with E-state index in [1.54, 1.807) is 18.4 Å². The largest absolute Gasteiger partial charge is 0.497 e. The first kappa shape index (κ1) is 15.8. The van der Waals surface area contributed by atoms with Gasteiger partial charge in [-0.3, -0.25) is 0 Å². The maximum atomic E-state index is 5.55. The van der Waals surface area contributed by atoms with Gasteiger partial charge in [0.15, 0.2) is 5.11 Å². The van der Waals surface area contributed by atoms with Gasteiger partial charge in [0.25, 0.3) is 0 Å². The zero-order chi connectivity index (χ0) is 15.1. The normalized spacial score (nSPS) is 10.2. The smallest absolute Gasteiger partial charge is 0.173 e. The number of hydrogen-bond acceptors (Lipinski definition) is 3. The summed E-state index contributed by atoms with van der Waals surface area (Å²) < 4.78 is 5.22. The number of nitrogens with zero attached hydrogens (tertiary/aromatic N) is 1. The van der Waals surface area contributed by atoms with Gasteiger partial charge in [0.1, 0.15) is 5.75 Å². The standard InChI is InChI=1S/C16H20N2OS2/c1-3-10-17-16(20)18(12-15-5-4-11-21-15)13-6-8-14(19-2)9-7-13/h4-9,11H,3,10,12H2,1-2H3,(H,17,20). The third-order valence-electron chi connectivity index (χ3n) is 3.05. The van der Waals surface area contributed by atoms with Gasteiger partial charge in [-0.25, -0.2) is 0 Å². The zero-order valence-electron chi connectivity index (χ0n) is 12.3. The van der Waals surface area contributed by atoms with E-state index in [1.807, 2.05) is 24.3 Å². The molecule has 0 saturated carbocycles. The molecule has 2 aromatic rings. The Labute approximate surface area is 135 Å². The second-order valence-electron chi connectivity index (χ2n) is 4.60. The fourth-order valence-electron chi connectivity index (χ4n) is 1.93. The van der Waals surface area contributed by atoms with Gasteiger partial charge in [-0.15, -0.1) is 11.3 Å². The van der Waals surface area contributed by atoms with E-state index in [9.17, 15) is 0 Å². The van der Waals surface area contributed by atoms with Crippen LogP contribution in [0, 0.1) is 0 Å². The third-order valence-corrected chi connectivity index (χ3v) is 4.28. The monoisotopic (exact) mass is 320 g/mol. The highest BCUT2D eigenvalue weighted by molar-refractivity contribution is 7.80. The first-order valence-electron chi connectivity index (χ1n) is 6.96. The highest BCUT2D eigenvalue weighted by Crippen LogP contribution is 2.22. The summed E-state index contributed by atoms with van der Waals surface area (Å²) in [6.45, 7) is 3.79. The molecule has 0 unspecified atom stereocenters. The number of methoxy groups -OCH3 is 1. The lowest BCUT2D eigenvalue weighted by molar-refractivity contribution is 0.415. The topological polar surface area (TPSA) is 24.5 Å². The van der Waals surface area contributed by atoms with E-state index in [1.165, 1.54) is 4.88 Å². The first-order valence-corrected chi connectivity index (χ1v) is 8.25. The van der Waals surface area contributed by atoms with E-state index in [2.05, 4.69) is 34.7 Å². The molecule has 0 radical (unpaired) electrons. The molecule has 1 heterocycles. The Morgan fingerprint density at radius 1 is 1.29 bits per heavy atom. The van der Waals surface area contributed by atoms with Crippen molar-refractivity contribution in [3.63, 3.8) is 0 Å². The number of thiocarbonyl (C=S) groups is 1. The van der Waals surface area contributed by atoms with Gasteiger partial charge in [-0.1, -0.05) is 13.0 Å². The lowest BCUT2D eigenvalue weighted by atomic mass is 10.2. The number of thiophene rings is 1. The molecule has 0 amide bonds. The maximum absolute atomic E-state index is 5.55. The van der Waals surface area contributed by atoms with Crippen LogP contribution in [-0.4, -0.2) is 18.8 Å². The van der Waals surface area contributed by atoms with Gasteiger partial charge in [-0.05, 0) is 54.4 Å². The Bertz CT molecular complexity index is 552. The molecule has 0 aliphatic rings. The summed E-state index contributed by atoms with van der Waals surface area (Å²) in [5.41, 5.74) is 1.07. The van der Waals surface area contributed by atoms with Crippen LogP contribution in [0.15, 0.2) is 41.8 Å². The van der Waals surface area contributed by atoms with Crippen LogP contribution in [0.4, 0.5) is 5.69 Å². The molecule has 21 heavy (non-hydrogen) atoms. The highest BCUT2D eigenvalue weighted by atomic mass is 32.1. The second-order valence-corrected chi connectivity index (χ2v) is 6.01. The molecule has 0 aliphatic carbocycles. The van der Waals surface area contributed by atoms with Crippen LogP contribution in [0.2, 0.25) is 0 Å². The molecular formula is C16H20N2OS2. The van der Waals surface area contributed by atoms with Crippen LogP contribution in [0.25, 0.3) is 0 Å². The number of hydrogen-bond donors (Lipinski definition) is 1. The number of nitrogens with one attached hydrogen (secondary N) is 1. The van der Waals surface area contributed by atoms with Gasteiger partial charge in [-0.2, -0.15) is 0 Å². The van der Waals surface area contributed by atoms with Crippen LogP contribution in [-0.2, 0) is 6.54 Å². The summed E-state index contributed by atoms with van der Waals surface area (Å²) in [7, 11) is 1.67. The molecule has 1 N–H and O–H groups in total. The third kappa shape index (κ3) is 4.44. The van der Waals surface area contributed by atoms with Crippen molar-refractivity contribution in [2.45, 2.75) is 19.9 Å². The van der Waals surface area contributed by atoms with Gasteiger partial charge < -0.3 is 15.0 Å². The molecule has 1 aromatic heterocycles. The molecule has 0 spiro atoms. The summed E-state index contributed by atoms with van der Waals surface area (Å²) in [6.07, 6.45) is 1.05. The van der Waals surface area contributed by atoms with Crippen LogP contribution < -0.4 is 15.0 Å². The van der Waals surface area contributed by atoms with Crippen LogP contribution in [0.5, 0.6) is 5.75 Å². The molecule has 1 aromatic carbocycles. The molecular weight excluding hydrogens is 300 g/mol. The molecule has 0 saturated heterocycles. The molecule has 0 atom stereocenters. The van der Waals surface area contributed by atoms with Crippen LogP contribution in [0.1, 0.15) is 18.2 Å². The van der Waals surface area contributed by atoms with Crippen molar-refractivity contribution in [2.24, 2.45) is 0 Å². The van der Waals surface area contributed by atoms with Gasteiger partial charge in [0.2, 0.25) is 0 Å². The van der Waals surface area contributed by atoms with Crippen molar-refractivity contribution >= 4 is 34.4 Å².